The lowest BCUT2D eigenvalue weighted by atomic mass is 10.0. The smallest absolute Gasteiger partial charge is 0.410 e. The Labute approximate surface area is 271 Å². The molecule has 5 atom stereocenters. The van der Waals surface area contributed by atoms with E-state index in [2.05, 4.69) is 39.8 Å². The summed E-state index contributed by atoms with van der Waals surface area (Å²) >= 11 is 0. The maximum atomic E-state index is 13.9. The van der Waals surface area contributed by atoms with E-state index in [-0.39, 0.29) is 18.1 Å². The fourth-order valence-electron chi connectivity index (χ4n) is 6.78. The van der Waals surface area contributed by atoms with Crippen LogP contribution in [0.25, 0.3) is 0 Å². The number of hydrogen-bond donors (Lipinski definition) is 3. The second kappa shape index (κ2) is 14.1. The van der Waals surface area contributed by atoms with E-state index in [4.69, 9.17) is 4.74 Å². The maximum Gasteiger partial charge on any atom is 0.410 e. The van der Waals surface area contributed by atoms with Gasteiger partial charge in [0.15, 0.2) is 0 Å². The first-order valence-corrected chi connectivity index (χ1v) is 16.3. The van der Waals surface area contributed by atoms with Gasteiger partial charge in [0.25, 0.3) is 0 Å². The molecule has 3 aliphatic heterocycles. The van der Waals surface area contributed by atoms with Crippen LogP contribution in [0.1, 0.15) is 51.7 Å². The molecule has 0 saturated carbocycles. The van der Waals surface area contributed by atoms with Crippen LogP contribution in [0.4, 0.5) is 4.79 Å². The number of fused-ring (bicyclic) bond motifs is 1. The maximum absolute atomic E-state index is 13.9. The minimum atomic E-state index is -0.937. The summed E-state index contributed by atoms with van der Waals surface area (Å²) in [7, 11) is 0. The minimum absolute atomic E-state index is 0.117. The fourth-order valence-corrected chi connectivity index (χ4v) is 6.78. The van der Waals surface area contributed by atoms with Crippen LogP contribution in [0, 0.1) is 11.8 Å². The molecule has 0 aliphatic carbocycles. The minimum Gasteiger partial charge on any atom is -0.508 e. The van der Waals surface area contributed by atoms with Crippen molar-refractivity contribution in [3.63, 3.8) is 0 Å². The molecule has 3 heterocycles. The molecule has 3 aliphatic rings. The Balaban J connectivity index is 1.20. The summed E-state index contributed by atoms with van der Waals surface area (Å²) in [4.78, 5) is 59.0. The number of carbonyl (C=O) groups is 4. The van der Waals surface area contributed by atoms with Gasteiger partial charge in [0, 0.05) is 45.7 Å². The zero-order valence-electron chi connectivity index (χ0n) is 27.3. The SMILES string of the molecule is CC(NC(=O)C1CCCN1C(=O)OC(C)(C)C)C(=O)NC(Cc1ccc(O)cc1)C(=O)N1CC2CN(Cc3ccccc3)CC2C1. The molecule has 46 heavy (non-hydrogen) atoms. The van der Waals surface area contributed by atoms with E-state index >= 15 is 0 Å². The molecule has 5 unspecified atom stereocenters. The van der Waals surface area contributed by atoms with E-state index in [1.54, 1.807) is 52.0 Å². The summed E-state index contributed by atoms with van der Waals surface area (Å²) in [6.45, 7) is 11.3. The Bertz CT molecular complexity index is 1380. The number of amides is 4. The molecule has 4 amide bonds. The molecule has 11 nitrogen and oxygen atoms in total. The van der Waals surface area contributed by atoms with Crippen LogP contribution in [-0.4, -0.2) is 100 Å². The Morgan fingerprint density at radius 2 is 1.57 bits per heavy atom. The molecule has 5 rings (SSSR count). The zero-order valence-corrected chi connectivity index (χ0v) is 27.3. The fraction of sp³-hybridized carbons (Fsp3) is 0.543. The van der Waals surface area contributed by atoms with E-state index < -0.39 is 41.6 Å². The third-order valence-corrected chi connectivity index (χ3v) is 9.05. The highest BCUT2D eigenvalue weighted by Gasteiger charge is 2.43. The largest absolute Gasteiger partial charge is 0.508 e. The van der Waals surface area contributed by atoms with Gasteiger partial charge in [-0.05, 0) is 75.6 Å². The number of hydrogen-bond acceptors (Lipinski definition) is 7. The average Bonchev–Trinajstić information content (AvgIpc) is 3.73. The van der Waals surface area contributed by atoms with Crippen LogP contribution < -0.4 is 10.6 Å². The lowest BCUT2D eigenvalue weighted by Crippen LogP contribution is -2.56. The molecular formula is C35H47N5O6. The van der Waals surface area contributed by atoms with Crippen molar-refractivity contribution in [2.24, 2.45) is 11.8 Å². The molecule has 3 N–H and O–H groups in total. The number of nitrogens with zero attached hydrogens (tertiary/aromatic N) is 3. The number of nitrogens with one attached hydrogen (secondary N) is 2. The van der Waals surface area contributed by atoms with Gasteiger partial charge in [-0.1, -0.05) is 42.5 Å². The molecule has 0 spiro atoms. The van der Waals surface area contributed by atoms with E-state index in [0.29, 0.717) is 44.3 Å². The molecule has 0 bridgehead atoms. The van der Waals surface area contributed by atoms with E-state index in [9.17, 15) is 24.3 Å². The van der Waals surface area contributed by atoms with Gasteiger partial charge < -0.3 is 25.4 Å². The van der Waals surface area contributed by atoms with E-state index in [0.717, 1.165) is 25.2 Å². The first-order valence-electron chi connectivity index (χ1n) is 16.3. The summed E-state index contributed by atoms with van der Waals surface area (Å²) in [5.41, 5.74) is 1.38. The molecular weight excluding hydrogens is 586 g/mol. The van der Waals surface area contributed by atoms with Crippen molar-refractivity contribution >= 4 is 23.8 Å². The molecule has 248 valence electrons. The molecule has 2 aromatic rings. The monoisotopic (exact) mass is 633 g/mol. The summed E-state index contributed by atoms with van der Waals surface area (Å²) in [6.07, 6.45) is 0.817. The van der Waals surface area contributed by atoms with Crippen LogP contribution in [0.3, 0.4) is 0 Å². The van der Waals surface area contributed by atoms with Gasteiger partial charge in [0.1, 0.15) is 29.5 Å². The van der Waals surface area contributed by atoms with Crippen LogP contribution >= 0.6 is 0 Å². The second-order valence-electron chi connectivity index (χ2n) is 13.9. The standard InChI is InChI=1S/C35H47N5O6/c1-23(36-32(43)30-11-8-16-40(30)34(45)46-35(2,3)4)31(42)37-29(17-24-12-14-28(41)15-13-24)33(44)39-21-26-19-38(20-27(26)22-39)18-25-9-6-5-7-10-25/h5-7,9-10,12-15,23,26-27,29-30,41H,8,11,16-22H2,1-4H3,(H,36,43)(H,37,42). The number of aromatic hydroxyl groups is 1. The van der Waals surface area contributed by atoms with Crippen LogP contribution in [0.2, 0.25) is 0 Å². The average molecular weight is 634 g/mol. The normalized spacial score (nSPS) is 22.7. The van der Waals surface area contributed by atoms with Crippen LogP contribution in [0.15, 0.2) is 54.6 Å². The predicted octanol–water partition coefficient (Wildman–Crippen LogP) is 2.91. The number of ether oxygens (including phenoxy) is 1. The van der Waals surface area contributed by atoms with Crippen molar-refractivity contribution in [1.29, 1.82) is 0 Å². The number of benzene rings is 2. The van der Waals surface area contributed by atoms with Gasteiger partial charge in [-0.25, -0.2) is 4.79 Å². The molecule has 3 fully saturated rings. The van der Waals surface area contributed by atoms with Crippen molar-refractivity contribution in [2.45, 2.75) is 77.2 Å². The number of carbonyl (C=O) groups excluding carboxylic acids is 4. The Hall–Kier alpha value is -4.12. The highest BCUT2D eigenvalue weighted by molar-refractivity contribution is 5.94. The van der Waals surface area contributed by atoms with Crippen LogP contribution in [0.5, 0.6) is 5.75 Å². The molecule has 3 saturated heterocycles. The first-order chi connectivity index (χ1) is 21.9. The molecule has 11 heteroatoms. The number of phenolic OH excluding ortho intramolecular Hbond substituents is 1. The third kappa shape index (κ3) is 8.37. The van der Waals surface area contributed by atoms with Crippen molar-refractivity contribution in [1.82, 2.24) is 25.3 Å². The van der Waals surface area contributed by atoms with Crippen molar-refractivity contribution in [3.05, 3.63) is 65.7 Å². The Morgan fingerprint density at radius 1 is 0.913 bits per heavy atom. The quantitative estimate of drug-likeness (QED) is 0.387. The Morgan fingerprint density at radius 3 is 2.20 bits per heavy atom. The molecule has 2 aromatic carbocycles. The van der Waals surface area contributed by atoms with Gasteiger partial charge in [-0.2, -0.15) is 0 Å². The lowest BCUT2D eigenvalue weighted by molar-refractivity contribution is -0.137. The summed E-state index contributed by atoms with van der Waals surface area (Å²) < 4.78 is 5.47. The second-order valence-corrected chi connectivity index (χ2v) is 13.9. The summed E-state index contributed by atoms with van der Waals surface area (Å²) in [5, 5.41) is 15.4. The number of phenols is 1. The number of likely N-dealkylation sites (tertiary alicyclic amines) is 3. The predicted molar refractivity (Wildman–Crippen MR) is 173 cm³/mol. The third-order valence-electron chi connectivity index (χ3n) is 9.05. The highest BCUT2D eigenvalue weighted by Crippen LogP contribution is 2.32. The van der Waals surface area contributed by atoms with Gasteiger partial charge in [0.05, 0.1) is 0 Å². The lowest BCUT2D eigenvalue weighted by Gasteiger charge is -2.29. The summed E-state index contributed by atoms with van der Waals surface area (Å²) in [5.74, 6) is -0.214. The number of rotatable bonds is 9. The highest BCUT2D eigenvalue weighted by atomic mass is 16.6. The zero-order chi connectivity index (χ0) is 33.0. The van der Waals surface area contributed by atoms with Crippen molar-refractivity contribution in [3.8, 4) is 5.75 Å². The van der Waals surface area contributed by atoms with E-state index in [1.165, 1.54) is 10.5 Å². The van der Waals surface area contributed by atoms with Crippen molar-refractivity contribution in [2.75, 3.05) is 32.7 Å². The summed E-state index contributed by atoms with van der Waals surface area (Å²) in [6, 6.07) is 14.5. The Kier molecular flexibility index (Phi) is 10.2. The topological polar surface area (TPSA) is 132 Å². The van der Waals surface area contributed by atoms with Crippen molar-refractivity contribution < 1.29 is 29.0 Å². The van der Waals surface area contributed by atoms with Crippen LogP contribution in [-0.2, 0) is 32.1 Å². The molecule has 0 aromatic heterocycles. The molecule has 0 radical (unpaired) electrons. The van der Waals surface area contributed by atoms with Gasteiger partial charge in [0.2, 0.25) is 17.7 Å². The first kappa shape index (κ1) is 33.2. The van der Waals surface area contributed by atoms with Gasteiger partial charge >= 0.3 is 6.09 Å². The van der Waals surface area contributed by atoms with Gasteiger partial charge in [-0.15, -0.1) is 0 Å². The van der Waals surface area contributed by atoms with Gasteiger partial charge in [-0.3, -0.25) is 24.2 Å². The van der Waals surface area contributed by atoms with E-state index in [1.807, 2.05) is 11.0 Å².